The molecule has 0 aliphatic rings. The van der Waals surface area contributed by atoms with Gasteiger partial charge in [-0.1, -0.05) is 0 Å². The van der Waals surface area contributed by atoms with Crippen molar-refractivity contribution < 1.29 is 0 Å². The summed E-state index contributed by atoms with van der Waals surface area (Å²) in [5, 5.41) is 0. The van der Waals surface area contributed by atoms with Crippen LogP contribution in [0, 0.1) is 5.92 Å². The fourth-order valence-electron chi connectivity index (χ4n) is 0.356. The maximum absolute atomic E-state index is 3.58. The maximum atomic E-state index is 3.58. The standard InChI is InChI=1S/C4H9.2BrH.Ga/c1-4(2)3;;;/h4H,1H2,2-3H3;2*1H;/q;;;+2/p-2. The van der Waals surface area contributed by atoms with Gasteiger partial charge in [0, 0.05) is 0 Å². The van der Waals surface area contributed by atoms with Crippen LogP contribution in [0.2, 0.25) is 4.98 Å². The third-order valence-corrected chi connectivity index (χ3v) is 7.26. The Morgan fingerprint density at radius 1 is 1.43 bits per heavy atom. The van der Waals surface area contributed by atoms with Gasteiger partial charge in [0.2, 0.25) is 0 Å². The van der Waals surface area contributed by atoms with Crippen molar-refractivity contribution in [2.75, 3.05) is 0 Å². The monoisotopic (exact) mass is 284 g/mol. The Balaban J connectivity index is 2.95. The number of halogens is 2. The molecule has 0 nitrogen and oxygen atoms in total. The molecule has 0 spiro atoms. The molecule has 0 aromatic heterocycles. The fraction of sp³-hybridized carbons (Fsp3) is 1.00. The van der Waals surface area contributed by atoms with E-state index in [0.717, 1.165) is 5.92 Å². The fourth-order valence-corrected chi connectivity index (χ4v) is 9.62. The molecule has 0 N–H and O–H groups in total. The Kier molecular flexibility index (Phi) is 5.49. The molecule has 0 atom stereocenters. The Labute approximate surface area is 63.7 Å². The van der Waals surface area contributed by atoms with Crippen molar-refractivity contribution in [3.63, 3.8) is 0 Å². The summed E-state index contributed by atoms with van der Waals surface area (Å²) in [7, 11) is 0. The molecule has 0 aliphatic carbocycles. The molecule has 0 heterocycles. The summed E-state index contributed by atoms with van der Waals surface area (Å²) < 4.78 is 0. The Morgan fingerprint density at radius 3 is 1.86 bits per heavy atom. The molecule has 0 aromatic carbocycles. The van der Waals surface area contributed by atoms with Gasteiger partial charge in [0.05, 0.1) is 0 Å². The molecule has 0 aliphatic heterocycles. The van der Waals surface area contributed by atoms with Gasteiger partial charge in [0.25, 0.3) is 0 Å². The van der Waals surface area contributed by atoms with E-state index < -0.39 is 12.3 Å². The molecular weight excluding hydrogens is 278 g/mol. The second-order valence-corrected chi connectivity index (χ2v) is 22.5. The molecule has 0 radical (unpaired) electrons. The van der Waals surface area contributed by atoms with Crippen LogP contribution in [0.5, 0.6) is 0 Å². The minimum atomic E-state index is -0.990. The summed E-state index contributed by atoms with van der Waals surface area (Å²) in [6, 6.07) is 0. The van der Waals surface area contributed by atoms with Crippen LogP contribution < -0.4 is 0 Å². The van der Waals surface area contributed by atoms with Gasteiger partial charge >= 0.3 is 64.1 Å². The summed E-state index contributed by atoms with van der Waals surface area (Å²) >= 11 is 6.17. The zero-order chi connectivity index (χ0) is 5.86. The summed E-state index contributed by atoms with van der Waals surface area (Å²) in [6.45, 7) is 4.50. The Bertz CT molecular complexity index is 39.0. The van der Waals surface area contributed by atoms with Gasteiger partial charge < -0.3 is 0 Å². The number of hydrogen-bond donors (Lipinski definition) is 0. The normalized spacial score (nSPS) is 9.86. The molecule has 0 amide bonds. The van der Waals surface area contributed by atoms with Crippen molar-refractivity contribution in [3.05, 3.63) is 0 Å². The van der Waals surface area contributed by atoms with Gasteiger partial charge in [0.1, 0.15) is 0 Å². The van der Waals surface area contributed by atoms with Crippen LogP contribution in [0.25, 0.3) is 0 Å². The average molecular weight is 287 g/mol. The van der Waals surface area contributed by atoms with Gasteiger partial charge in [-0.3, -0.25) is 0 Å². The minimum absolute atomic E-state index is 0.865. The van der Waals surface area contributed by atoms with E-state index >= 15 is 0 Å². The second-order valence-electron chi connectivity index (χ2n) is 2.02. The number of rotatable bonds is 2. The molecule has 42 valence electrons. The summed E-state index contributed by atoms with van der Waals surface area (Å²) in [5.74, 6) is 0.865. The molecule has 0 saturated carbocycles. The van der Waals surface area contributed by atoms with E-state index in [-0.39, 0.29) is 0 Å². The first-order valence-electron chi connectivity index (χ1n) is 2.41. The van der Waals surface area contributed by atoms with Crippen LogP contribution in [0.3, 0.4) is 0 Å². The van der Waals surface area contributed by atoms with E-state index in [2.05, 4.69) is 41.0 Å². The van der Waals surface area contributed by atoms with Crippen LogP contribution in [-0.2, 0) is 0 Å². The summed E-state index contributed by atoms with van der Waals surface area (Å²) in [6.07, 6.45) is 0. The predicted octanol–water partition coefficient (Wildman–Crippen LogP) is 2.92. The molecule has 3 heteroatoms. The van der Waals surface area contributed by atoms with Crippen molar-refractivity contribution in [2.24, 2.45) is 5.92 Å². The van der Waals surface area contributed by atoms with Crippen LogP contribution in [0.4, 0.5) is 0 Å². The zero-order valence-corrected chi connectivity index (χ0v) is 10.2. The van der Waals surface area contributed by atoms with Crippen molar-refractivity contribution >= 4 is 39.4 Å². The van der Waals surface area contributed by atoms with E-state index in [1.807, 2.05) is 0 Å². The quantitative estimate of drug-likeness (QED) is 0.685. The van der Waals surface area contributed by atoms with Gasteiger partial charge in [-0.2, -0.15) is 0 Å². The molecule has 7 heavy (non-hydrogen) atoms. The molecule has 0 bridgehead atoms. The average Bonchev–Trinajstić information content (AvgIpc) is 1.27. The van der Waals surface area contributed by atoms with Crippen molar-refractivity contribution in [1.29, 1.82) is 0 Å². The Morgan fingerprint density at radius 2 is 1.86 bits per heavy atom. The van der Waals surface area contributed by atoms with Crippen molar-refractivity contribution in [2.45, 2.75) is 18.8 Å². The van der Waals surface area contributed by atoms with Crippen molar-refractivity contribution in [3.8, 4) is 0 Å². The van der Waals surface area contributed by atoms with Crippen LogP contribution in [0.1, 0.15) is 13.8 Å². The van der Waals surface area contributed by atoms with E-state index in [0.29, 0.717) is 0 Å². The summed E-state index contributed by atoms with van der Waals surface area (Å²) in [5.41, 5.74) is 0. The van der Waals surface area contributed by atoms with Crippen molar-refractivity contribution in [1.82, 2.24) is 0 Å². The van der Waals surface area contributed by atoms with Crippen LogP contribution >= 0.6 is 27.1 Å². The van der Waals surface area contributed by atoms with E-state index in [1.54, 1.807) is 0 Å². The van der Waals surface area contributed by atoms with Crippen LogP contribution in [0.15, 0.2) is 0 Å². The van der Waals surface area contributed by atoms with E-state index in [1.165, 1.54) is 4.98 Å². The molecule has 0 aromatic rings. The van der Waals surface area contributed by atoms with Crippen LogP contribution in [-0.4, -0.2) is 12.3 Å². The third-order valence-electron chi connectivity index (χ3n) is 0.650. The predicted molar refractivity (Wildman–Crippen MR) is 43.3 cm³/mol. The first-order chi connectivity index (χ1) is 3.13. The van der Waals surface area contributed by atoms with Gasteiger partial charge in [-0.15, -0.1) is 0 Å². The second kappa shape index (κ2) is 4.47. The molecule has 0 unspecified atom stereocenters. The van der Waals surface area contributed by atoms with Gasteiger partial charge in [-0.25, -0.2) is 0 Å². The molecule has 0 saturated heterocycles. The summed E-state index contributed by atoms with van der Waals surface area (Å²) in [4.78, 5) is 1.38. The molecular formula is C4H9Br2Ga. The zero-order valence-electron chi connectivity index (χ0n) is 4.62. The van der Waals surface area contributed by atoms with E-state index in [9.17, 15) is 0 Å². The molecule has 0 rings (SSSR count). The first-order valence-corrected chi connectivity index (χ1v) is 15.5. The third kappa shape index (κ3) is 7.60. The molecule has 0 fully saturated rings. The van der Waals surface area contributed by atoms with Gasteiger partial charge in [-0.05, 0) is 0 Å². The van der Waals surface area contributed by atoms with E-state index in [4.69, 9.17) is 0 Å². The SMILES string of the molecule is CC(C)[CH2][Ga]([Br])[Br]. The topological polar surface area (TPSA) is 0 Å². The number of hydrogen-bond acceptors (Lipinski definition) is 0. The van der Waals surface area contributed by atoms with Gasteiger partial charge in [0.15, 0.2) is 0 Å². The Hall–Kier alpha value is 1.60. The first kappa shape index (κ1) is 8.60.